The van der Waals surface area contributed by atoms with E-state index in [2.05, 4.69) is 17.3 Å². The van der Waals surface area contributed by atoms with Crippen LogP contribution < -0.4 is 10.4 Å². The third kappa shape index (κ3) is 2.00. The van der Waals surface area contributed by atoms with Crippen LogP contribution in [0.25, 0.3) is 0 Å². The average molecular weight is 205 g/mol. The number of pyridine rings is 1. The molecule has 1 aromatic heterocycles. The number of aryl methyl sites for hydroxylation is 1. The van der Waals surface area contributed by atoms with Gasteiger partial charge in [0.15, 0.2) is 5.82 Å². The van der Waals surface area contributed by atoms with Gasteiger partial charge in [0, 0.05) is 23.5 Å². The maximum atomic E-state index is 9.22. The van der Waals surface area contributed by atoms with Gasteiger partial charge in [0.05, 0.1) is 6.61 Å². The van der Waals surface area contributed by atoms with Crippen molar-refractivity contribution in [1.82, 2.24) is 10.4 Å². The number of aliphatic hydroxyl groups excluding tert-OH is 1. The first kappa shape index (κ1) is 10.1. The lowest BCUT2D eigenvalue weighted by Gasteiger charge is -2.19. The van der Waals surface area contributed by atoms with Gasteiger partial charge in [-0.3, -0.25) is 5.01 Å². The van der Waals surface area contributed by atoms with E-state index in [1.165, 1.54) is 0 Å². The van der Waals surface area contributed by atoms with Crippen LogP contribution in [0.5, 0.6) is 0 Å². The minimum atomic E-state index is 0.00299. The Morgan fingerprint density at radius 3 is 2.93 bits per heavy atom. The van der Waals surface area contributed by atoms with Gasteiger partial charge < -0.3 is 5.11 Å². The number of hydrogen-bond donors (Lipinski definition) is 2. The Labute approximate surface area is 89.2 Å². The first-order valence-electron chi connectivity index (χ1n) is 5.02. The Balaban J connectivity index is 2.34. The van der Waals surface area contributed by atoms with Gasteiger partial charge in [-0.2, -0.15) is 0 Å². The molecule has 0 aromatic carbocycles. The van der Waals surface area contributed by atoms with E-state index in [1.54, 1.807) is 0 Å². The van der Waals surface area contributed by atoms with Gasteiger partial charge in [0.25, 0.3) is 0 Å². The summed E-state index contributed by atoms with van der Waals surface area (Å²) in [5, 5.41) is 11.1. The Hall–Kier alpha value is -1.39. The number of aromatic nitrogens is 1. The van der Waals surface area contributed by atoms with Crippen LogP contribution in [0.2, 0.25) is 0 Å². The molecular formula is C11H15N3O. The van der Waals surface area contributed by atoms with Crippen molar-refractivity contribution >= 4 is 5.82 Å². The summed E-state index contributed by atoms with van der Waals surface area (Å²) in [6, 6.07) is 4.10. The van der Waals surface area contributed by atoms with Crippen molar-refractivity contribution in [3.63, 3.8) is 0 Å². The smallest absolute Gasteiger partial charge is 0.152 e. The summed E-state index contributed by atoms with van der Waals surface area (Å²) in [5.74, 6) is 0.776. The lowest BCUT2D eigenvalue weighted by atomic mass is 10.2. The molecule has 0 amide bonds. The summed E-state index contributed by atoms with van der Waals surface area (Å²) in [7, 11) is 0. The van der Waals surface area contributed by atoms with Crippen LogP contribution in [0.1, 0.15) is 18.2 Å². The molecule has 1 aliphatic rings. The summed E-state index contributed by atoms with van der Waals surface area (Å²) in [5.41, 5.74) is 4.99. The Bertz CT molecular complexity index is 389. The fourth-order valence-electron chi connectivity index (χ4n) is 1.56. The summed E-state index contributed by atoms with van der Waals surface area (Å²) < 4.78 is 0. The molecule has 0 radical (unpaired) electrons. The Morgan fingerprint density at radius 1 is 1.53 bits per heavy atom. The van der Waals surface area contributed by atoms with Crippen LogP contribution in [0.15, 0.2) is 24.4 Å². The van der Waals surface area contributed by atoms with Gasteiger partial charge in [-0.15, -0.1) is 0 Å². The molecule has 0 saturated heterocycles. The molecule has 2 N–H and O–H groups in total. The molecular weight excluding hydrogens is 190 g/mol. The molecule has 0 bridgehead atoms. The van der Waals surface area contributed by atoms with Gasteiger partial charge >= 0.3 is 0 Å². The highest BCUT2D eigenvalue weighted by atomic mass is 16.3. The topological polar surface area (TPSA) is 48.4 Å². The minimum Gasteiger partial charge on any atom is -0.392 e. The van der Waals surface area contributed by atoms with E-state index in [1.807, 2.05) is 36.3 Å². The van der Waals surface area contributed by atoms with E-state index in [0.29, 0.717) is 6.04 Å². The van der Waals surface area contributed by atoms with Gasteiger partial charge in [-0.25, -0.2) is 10.4 Å². The monoisotopic (exact) mass is 205 g/mol. The molecule has 0 aliphatic carbocycles. The second-order valence-electron chi connectivity index (χ2n) is 3.72. The summed E-state index contributed by atoms with van der Waals surface area (Å²) >= 11 is 0. The van der Waals surface area contributed by atoms with Gasteiger partial charge in [0.1, 0.15) is 0 Å². The molecule has 2 heterocycles. The van der Waals surface area contributed by atoms with Gasteiger partial charge in [-0.05, 0) is 26.0 Å². The normalized spacial score (nSPS) is 19.9. The van der Waals surface area contributed by atoms with Crippen molar-refractivity contribution < 1.29 is 5.11 Å². The van der Waals surface area contributed by atoms with E-state index in [-0.39, 0.29) is 6.61 Å². The average Bonchev–Trinajstić information content (AvgIpc) is 2.65. The molecule has 80 valence electrons. The number of hydrogen-bond acceptors (Lipinski definition) is 4. The predicted octanol–water partition coefficient (Wildman–Crippen LogP) is 1.11. The number of aliphatic hydroxyl groups is 1. The molecule has 4 nitrogen and oxygen atoms in total. The predicted molar refractivity (Wildman–Crippen MR) is 59.1 cm³/mol. The molecule has 0 spiro atoms. The highest BCUT2D eigenvalue weighted by Gasteiger charge is 2.16. The SMILES string of the molecule is Cc1ccc(CO)c(N2C=CC(C)N2)n1. The van der Waals surface area contributed by atoms with Crippen LogP contribution in [0, 0.1) is 6.92 Å². The van der Waals surface area contributed by atoms with Crippen molar-refractivity contribution in [2.24, 2.45) is 0 Å². The second kappa shape index (κ2) is 4.00. The van der Waals surface area contributed by atoms with Crippen LogP contribution >= 0.6 is 0 Å². The lowest BCUT2D eigenvalue weighted by molar-refractivity contribution is 0.281. The molecule has 1 unspecified atom stereocenters. The van der Waals surface area contributed by atoms with E-state index in [0.717, 1.165) is 17.1 Å². The van der Waals surface area contributed by atoms with E-state index < -0.39 is 0 Å². The molecule has 4 heteroatoms. The number of anilines is 1. The van der Waals surface area contributed by atoms with Crippen molar-refractivity contribution in [2.75, 3.05) is 5.01 Å². The molecule has 1 atom stereocenters. The fourth-order valence-corrected chi connectivity index (χ4v) is 1.56. The standard InChI is InChI=1S/C11H15N3O/c1-8-3-4-10(7-15)11(12-8)14-6-5-9(2)13-14/h3-6,9,13,15H,7H2,1-2H3. The van der Waals surface area contributed by atoms with Gasteiger partial charge in [0.2, 0.25) is 0 Å². The first-order valence-corrected chi connectivity index (χ1v) is 5.02. The zero-order valence-electron chi connectivity index (χ0n) is 8.94. The number of nitrogens with one attached hydrogen (secondary N) is 1. The number of nitrogens with zero attached hydrogens (tertiary/aromatic N) is 2. The van der Waals surface area contributed by atoms with Crippen molar-refractivity contribution in [1.29, 1.82) is 0 Å². The summed E-state index contributed by atoms with van der Waals surface area (Å²) in [4.78, 5) is 4.41. The van der Waals surface area contributed by atoms with Crippen LogP contribution in [-0.4, -0.2) is 16.1 Å². The summed E-state index contributed by atoms with van der Waals surface area (Å²) in [6.45, 7) is 4.00. The zero-order valence-corrected chi connectivity index (χ0v) is 8.94. The third-order valence-corrected chi connectivity index (χ3v) is 2.36. The third-order valence-electron chi connectivity index (χ3n) is 2.36. The van der Waals surface area contributed by atoms with Crippen molar-refractivity contribution in [3.8, 4) is 0 Å². The fraction of sp³-hybridized carbons (Fsp3) is 0.364. The molecule has 2 rings (SSSR count). The van der Waals surface area contributed by atoms with Gasteiger partial charge in [-0.1, -0.05) is 6.07 Å². The highest BCUT2D eigenvalue weighted by Crippen LogP contribution is 2.20. The van der Waals surface area contributed by atoms with E-state index >= 15 is 0 Å². The Kier molecular flexibility index (Phi) is 2.70. The molecule has 0 fully saturated rings. The highest BCUT2D eigenvalue weighted by molar-refractivity contribution is 5.50. The van der Waals surface area contributed by atoms with Crippen molar-refractivity contribution in [3.05, 3.63) is 35.7 Å². The largest absolute Gasteiger partial charge is 0.392 e. The maximum Gasteiger partial charge on any atom is 0.152 e. The maximum absolute atomic E-state index is 9.22. The van der Waals surface area contributed by atoms with E-state index in [4.69, 9.17) is 0 Å². The molecule has 15 heavy (non-hydrogen) atoms. The quantitative estimate of drug-likeness (QED) is 0.759. The molecule has 1 aromatic rings. The van der Waals surface area contributed by atoms with Crippen molar-refractivity contribution in [2.45, 2.75) is 26.5 Å². The number of rotatable bonds is 2. The summed E-state index contributed by atoms with van der Waals surface area (Å²) in [6.07, 6.45) is 3.98. The second-order valence-corrected chi connectivity index (χ2v) is 3.72. The minimum absolute atomic E-state index is 0.00299. The van der Waals surface area contributed by atoms with Crippen LogP contribution in [0.4, 0.5) is 5.82 Å². The zero-order chi connectivity index (χ0) is 10.8. The first-order chi connectivity index (χ1) is 7.20. The van der Waals surface area contributed by atoms with Crippen LogP contribution in [-0.2, 0) is 6.61 Å². The molecule has 0 saturated carbocycles. The number of hydrazine groups is 1. The van der Waals surface area contributed by atoms with Crippen LogP contribution in [0.3, 0.4) is 0 Å². The van der Waals surface area contributed by atoms with E-state index in [9.17, 15) is 5.11 Å². The Morgan fingerprint density at radius 2 is 2.33 bits per heavy atom. The molecule has 1 aliphatic heterocycles. The lowest BCUT2D eigenvalue weighted by Crippen LogP contribution is -2.34.